The van der Waals surface area contributed by atoms with Crippen LogP contribution in [0.3, 0.4) is 0 Å². The summed E-state index contributed by atoms with van der Waals surface area (Å²) in [7, 11) is -2.72. The standard InChI is InChI=1S/C11H8Br2ClN3O4S.C6H12F2/c1-21-5-2-3-6(12)7(4-5)22(19,20)17-10(18)8-9(13)16-11(14)15-8;1-4-5(2)6(3,7)8/h2-4H,1H3,(H,15,16)(H,17,18);5H,4H2,1-3H3/t;5-/m.1/s1. The Kier molecular flexibility index (Phi) is 9.71. The second-order valence-corrected chi connectivity index (χ2v) is 9.84. The number of ether oxygens (including phenoxy) is 1. The van der Waals surface area contributed by atoms with Crippen LogP contribution in [-0.4, -0.2) is 37.3 Å². The number of halogens is 5. The van der Waals surface area contributed by atoms with Crippen molar-refractivity contribution >= 4 is 59.4 Å². The number of alkyl halides is 2. The molecule has 1 aromatic heterocycles. The number of hydrogen-bond donors (Lipinski definition) is 2. The average molecular weight is 596 g/mol. The van der Waals surface area contributed by atoms with E-state index in [4.69, 9.17) is 16.3 Å². The minimum atomic E-state index is -4.12. The molecule has 0 fully saturated rings. The second-order valence-electron chi connectivity index (χ2n) is 6.19. The molecule has 0 unspecified atom stereocenters. The molecule has 2 aromatic rings. The van der Waals surface area contributed by atoms with E-state index >= 15 is 0 Å². The Balaban J connectivity index is 0.000000479. The van der Waals surface area contributed by atoms with Crippen molar-refractivity contribution in [3.05, 3.63) is 38.3 Å². The number of sulfonamides is 1. The maximum Gasteiger partial charge on any atom is 0.286 e. The Morgan fingerprint density at radius 2 is 2.00 bits per heavy atom. The van der Waals surface area contributed by atoms with Gasteiger partial charge in [0.25, 0.3) is 15.9 Å². The molecule has 1 heterocycles. The van der Waals surface area contributed by atoms with Gasteiger partial charge in [-0.25, -0.2) is 26.9 Å². The summed E-state index contributed by atoms with van der Waals surface area (Å²) in [5, 5.41) is -0.0445. The Morgan fingerprint density at radius 1 is 1.40 bits per heavy atom. The first kappa shape index (κ1) is 26.8. The lowest BCUT2D eigenvalue weighted by molar-refractivity contribution is -0.0335. The highest BCUT2D eigenvalue weighted by atomic mass is 79.9. The number of methoxy groups -OCH3 is 1. The highest BCUT2D eigenvalue weighted by Gasteiger charge is 2.28. The van der Waals surface area contributed by atoms with Gasteiger partial charge < -0.3 is 9.72 Å². The molecular weight excluding hydrogens is 576 g/mol. The molecule has 1 atom stereocenters. The number of nitrogens with one attached hydrogen (secondary N) is 2. The Bertz CT molecular complexity index is 997. The maximum atomic E-state index is 12.3. The van der Waals surface area contributed by atoms with E-state index in [1.807, 2.05) is 4.72 Å². The summed E-state index contributed by atoms with van der Waals surface area (Å²) in [6.45, 7) is 4.28. The van der Waals surface area contributed by atoms with Gasteiger partial charge in [-0.1, -0.05) is 13.8 Å². The fourth-order valence-electron chi connectivity index (χ4n) is 1.88. The Hall–Kier alpha value is -1.24. The largest absolute Gasteiger partial charge is 0.497 e. The molecule has 0 aliphatic rings. The lowest BCUT2D eigenvalue weighted by Gasteiger charge is -2.16. The van der Waals surface area contributed by atoms with E-state index in [2.05, 4.69) is 41.8 Å². The van der Waals surface area contributed by atoms with Crippen LogP contribution < -0.4 is 9.46 Å². The van der Waals surface area contributed by atoms with Crippen LogP contribution in [0.4, 0.5) is 8.78 Å². The van der Waals surface area contributed by atoms with E-state index in [9.17, 15) is 22.0 Å². The minimum Gasteiger partial charge on any atom is -0.497 e. The zero-order valence-corrected chi connectivity index (χ0v) is 21.1. The number of aromatic nitrogens is 2. The van der Waals surface area contributed by atoms with Crippen LogP contribution in [0.5, 0.6) is 5.75 Å². The average Bonchev–Trinajstić information content (AvgIpc) is 2.99. The van der Waals surface area contributed by atoms with Crippen LogP contribution in [0.1, 0.15) is 37.7 Å². The summed E-state index contributed by atoms with van der Waals surface area (Å²) in [5.74, 6) is -3.57. The number of aromatic amines is 1. The van der Waals surface area contributed by atoms with Gasteiger partial charge in [-0.2, -0.15) is 0 Å². The molecule has 0 radical (unpaired) electrons. The van der Waals surface area contributed by atoms with Crippen molar-refractivity contribution in [2.75, 3.05) is 7.11 Å². The lowest BCUT2D eigenvalue weighted by Crippen LogP contribution is -2.31. The molecule has 7 nitrogen and oxygen atoms in total. The Labute approximate surface area is 195 Å². The van der Waals surface area contributed by atoms with Crippen molar-refractivity contribution in [2.24, 2.45) is 5.92 Å². The van der Waals surface area contributed by atoms with Crippen LogP contribution in [0.25, 0.3) is 0 Å². The number of benzene rings is 1. The number of carbonyl (C=O) groups is 1. The number of carbonyl (C=O) groups excluding carboxylic acids is 1. The van der Waals surface area contributed by atoms with Crippen molar-refractivity contribution in [3.63, 3.8) is 0 Å². The molecule has 0 aliphatic heterocycles. The molecule has 168 valence electrons. The van der Waals surface area contributed by atoms with Gasteiger partial charge in [-0.15, -0.1) is 0 Å². The summed E-state index contributed by atoms with van der Waals surface area (Å²) in [6, 6.07) is 4.36. The molecule has 30 heavy (non-hydrogen) atoms. The summed E-state index contributed by atoms with van der Waals surface area (Å²) >= 11 is 11.8. The molecular formula is C17H20Br2ClF2N3O4S. The molecule has 1 amide bonds. The SMILES string of the molecule is CC[C@@H](C)C(C)(F)F.COc1ccc(Br)c(S(=O)(=O)NC(=O)c2nc(Cl)[nH]c2Br)c1. The fraction of sp³-hybridized carbons (Fsp3) is 0.412. The van der Waals surface area contributed by atoms with Gasteiger partial charge in [0.05, 0.1) is 7.11 Å². The molecule has 13 heteroatoms. The molecule has 0 bridgehead atoms. The zero-order chi connectivity index (χ0) is 23.3. The molecule has 0 saturated heterocycles. The smallest absolute Gasteiger partial charge is 0.286 e. The van der Waals surface area contributed by atoms with Crippen LogP contribution >= 0.6 is 43.5 Å². The van der Waals surface area contributed by atoms with Crippen LogP contribution in [0.2, 0.25) is 5.28 Å². The lowest BCUT2D eigenvalue weighted by atomic mass is 10.0. The second kappa shape index (κ2) is 10.9. The third-order valence-corrected chi connectivity index (χ3v) is 7.06. The van der Waals surface area contributed by atoms with Gasteiger partial charge in [0.15, 0.2) is 5.69 Å². The first-order chi connectivity index (χ1) is 13.7. The van der Waals surface area contributed by atoms with Gasteiger partial charge in [-0.05, 0) is 68.9 Å². The summed E-state index contributed by atoms with van der Waals surface area (Å²) in [4.78, 5) is 18.1. The predicted octanol–water partition coefficient (Wildman–Crippen LogP) is 5.40. The quantitative estimate of drug-likeness (QED) is 0.466. The van der Waals surface area contributed by atoms with E-state index in [1.54, 1.807) is 19.9 Å². The number of nitrogens with zero attached hydrogens (tertiary/aromatic N) is 1. The third kappa shape index (κ3) is 7.47. The van der Waals surface area contributed by atoms with Crippen molar-refractivity contribution < 1.29 is 26.7 Å². The summed E-state index contributed by atoms with van der Waals surface area (Å²) in [6.07, 6.45) is 0.545. The highest BCUT2D eigenvalue weighted by Crippen LogP contribution is 2.27. The minimum absolute atomic E-state index is 0.0445. The van der Waals surface area contributed by atoms with Crippen molar-refractivity contribution in [1.29, 1.82) is 0 Å². The van der Waals surface area contributed by atoms with Crippen LogP contribution in [0, 0.1) is 5.92 Å². The maximum absolute atomic E-state index is 12.3. The zero-order valence-electron chi connectivity index (χ0n) is 16.4. The van der Waals surface area contributed by atoms with Gasteiger partial charge in [0.2, 0.25) is 11.2 Å². The molecule has 0 saturated carbocycles. The molecule has 0 spiro atoms. The molecule has 0 aliphatic carbocycles. The fourth-order valence-corrected chi connectivity index (χ4v) is 4.56. The molecule has 1 aromatic carbocycles. The topological polar surface area (TPSA) is 101 Å². The number of hydrogen-bond acceptors (Lipinski definition) is 5. The predicted molar refractivity (Wildman–Crippen MR) is 117 cm³/mol. The first-order valence-corrected chi connectivity index (χ1v) is 11.9. The molecule has 2 N–H and O–H groups in total. The number of imidazole rings is 1. The van der Waals surface area contributed by atoms with E-state index in [0.29, 0.717) is 12.2 Å². The van der Waals surface area contributed by atoms with Gasteiger partial charge in [-0.3, -0.25) is 4.79 Å². The van der Waals surface area contributed by atoms with Gasteiger partial charge in [0, 0.05) is 16.5 Å². The Morgan fingerprint density at radius 3 is 2.40 bits per heavy atom. The third-order valence-electron chi connectivity index (χ3n) is 3.98. The number of amides is 1. The van der Waals surface area contributed by atoms with Crippen LogP contribution in [-0.2, 0) is 10.0 Å². The summed E-state index contributed by atoms with van der Waals surface area (Å²) in [5.41, 5.74) is -0.174. The van der Waals surface area contributed by atoms with Crippen molar-refractivity contribution in [2.45, 2.75) is 38.0 Å². The monoisotopic (exact) mass is 593 g/mol. The normalized spacial score (nSPS) is 12.6. The van der Waals surface area contributed by atoms with E-state index < -0.39 is 27.8 Å². The van der Waals surface area contributed by atoms with Crippen LogP contribution in [0.15, 0.2) is 32.2 Å². The van der Waals surface area contributed by atoms with Crippen molar-refractivity contribution in [1.82, 2.24) is 14.7 Å². The van der Waals surface area contributed by atoms with E-state index in [0.717, 1.165) is 6.92 Å². The van der Waals surface area contributed by atoms with E-state index in [1.165, 1.54) is 19.2 Å². The highest BCUT2D eigenvalue weighted by molar-refractivity contribution is 9.10. The van der Waals surface area contributed by atoms with Crippen molar-refractivity contribution in [3.8, 4) is 5.75 Å². The number of H-pyrrole nitrogens is 1. The van der Waals surface area contributed by atoms with E-state index in [-0.39, 0.29) is 24.9 Å². The summed E-state index contributed by atoms with van der Waals surface area (Å²) < 4.78 is 56.2. The number of rotatable bonds is 6. The first-order valence-electron chi connectivity index (χ1n) is 8.42. The van der Waals surface area contributed by atoms with Gasteiger partial charge in [0.1, 0.15) is 15.2 Å². The van der Waals surface area contributed by atoms with Gasteiger partial charge >= 0.3 is 0 Å². The molecule has 2 rings (SSSR count).